The molecular formula is C21H45NNaO5P. The number of phosphoric acid groups is 1. The van der Waals surface area contributed by atoms with Crippen molar-refractivity contribution in [1.82, 2.24) is 4.90 Å². The van der Waals surface area contributed by atoms with Crippen molar-refractivity contribution in [2.24, 2.45) is 0 Å². The monoisotopic (exact) mass is 445 g/mol. The molecule has 0 bridgehead atoms. The first-order valence-corrected chi connectivity index (χ1v) is 12.9. The summed E-state index contributed by atoms with van der Waals surface area (Å²) in [6.45, 7) is 3.00. The zero-order chi connectivity index (χ0) is 21.1. The molecule has 0 aromatic heterocycles. The maximum Gasteiger partial charge on any atom is 1.00 e. The summed E-state index contributed by atoms with van der Waals surface area (Å²) in [5.41, 5.74) is 0. The van der Waals surface area contributed by atoms with Crippen molar-refractivity contribution in [3.8, 4) is 0 Å². The van der Waals surface area contributed by atoms with Gasteiger partial charge in [-0.15, -0.1) is 0 Å². The van der Waals surface area contributed by atoms with Gasteiger partial charge in [0.1, 0.15) is 0 Å². The van der Waals surface area contributed by atoms with Gasteiger partial charge in [-0.25, -0.2) is 0 Å². The molecule has 0 spiro atoms. The van der Waals surface area contributed by atoms with E-state index in [0.29, 0.717) is 13.1 Å². The number of aliphatic hydroxyl groups excluding tert-OH is 1. The van der Waals surface area contributed by atoms with Crippen molar-refractivity contribution in [3.05, 3.63) is 0 Å². The fourth-order valence-electron chi connectivity index (χ4n) is 3.43. The molecule has 0 aliphatic heterocycles. The van der Waals surface area contributed by atoms with Crippen LogP contribution in [0.1, 0.15) is 103 Å². The summed E-state index contributed by atoms with van der Waals surface area (Å²) in [7, 11) is -2.84. The molecule has 0 aliphatic carbocycles. The second-order valence-corrected chi connectivity index (χ2v) is 9.30. The van der Waals surface area contributed by atoms with Crippen LogP contribution in [0, 0.1) is 0 Å². The number of hydrogen-bond acceptors (Lipinski definition) is 5. The van der Waals surface area contributed by atoms with Crippen molar-refractivity contribution in [1.29, 1.82) is 0 Å². The molecule has 0 fully saturated rings. The van der Waals surface area contributed by atoms with Crippen molar-refractivity contribution < 1.29 is 53.5 Å². The number of likely N-dealkylation sites (N-methyl/N-ethyl adjacent to an activating group) is 1. The molecule has 0 rings (SSSR count). The van der Waals surface area contributed by atoms with Crippen LogP contribution in [0.3, 0.4) is 0 Å². The fraction of sp³-hybridized carbons (Fsp3) is 1.00. The normalized spacial score (nSPS) is 14.6. The molecule has 29 heavy (non-hydrogen) atoms. The van der Waals surface area contributed by atoms with Gasteiger partial charge in [0.15, 0.2) is 0 Å². The summed E-state index contributed by atoms with van der Waals surface area (Å²) >= 11 is 0. The molecule has 0 saturated heterocycles. The molecule has 2 N–H and O–H groups in total. The van der Waals surface area contributed by atoms with E-state index in [-0.39, 0.29) is 36.2 Å². The summed E-state index contributed by atoms with van der Waals surface area (Å²) in [6, 6.07) is 0. The van der Waals surface area contributed by atoms with Gasteiger partial charge in [0.05, 0.1) is 12.7 Å². The summed E-state index contributed by atoms with van der Waals surface area (Å²) in [5, 5.41) is 10.0. The standard InChI is InChI=1S/C21H46NO5P.Na/c1-3-4-5-6-7-8-9-10-11-12-13-14-15-16-17-21(23)20-22(2)18-19-27-28(24,25)26;/h21,23H,3-20H2,1-2H3,(H2,24,25,26);/q;+1/p-1. The zero-order valence-electron chi connectivity index (χ0n) is 19.3. The topological polar surface area (TPSA) is 93.1 Å². The maximum absolute atomic E-state index is 10.5. The molecule has 0 heterocycles. The van der Waals surface area contributed by atoms with E-state index in [1.165, 1.54) is 77.0 Å². The molecule has 0 aliphatic rings. The third-order valence-electron chi connectivity index (χ3n) is 5.14. The van der Waals surface area contributed by atoms with Crippen LogP contribution in [-0.2, 0) is 9.09 Å². The van der Waals surface area contributed by atoms with Crippen LogP contribution in [0.15, 0.2) is 0 Å². The van der Waals surface area contributed by atoms with Crippen LogP contribution in [0.2, 0.25) is 0 Å². The number of nitrogens with zero attached hydrogens (tertiary/aromatic N) is 1. The second-order valence-electron chi connectivity index (χ2n) is 8.10. The molecule has 0 radical (unpaired) electrons. The number of aliphatic hydroxyl groups is 1. The second kappa shape index (κ2) is 22.2. The van der Waals surface area contributed by atoms with Gasteiger partial charge in [0.25, 0.3) is 7.82 Å². The summed E-state index contributed by atoms with van der Waals surface area (Å²) in [5.74, 6) is 0. The van der Waals surface area contributed by atoms with E-state index in [0.717, 1.165) is 19.3 Å². The first-order valence-electron chi connectivity index (χ1n) is 11.4. The smallest absolute Gasteiger partial charge is 0.756 e. The van der Waals surface area contributed by atoms with E-state index in [4.69, 9.17) is 4.89 Å². The van der Waals surface area contributed by atoms with Gasteiger partial charge in [-0.3, -0.25) is 4.57 Å². The predicted octanol–water partition coefficient (Wildman–Crippen LogP) is 1.63. The maximum atomic E-state index is 10.5. The molecular weight excluding hydrogens is 400 g/mol. The Morgan fingerprint density at radius 3 is 1.72 bits per heavy atom. The minimum absolute atomic E-state index is 0. The number of rotatable bonds is 21. The molecule has 8 heteroatoms. The van der Waals surface area contributed by atoms with E-state index in [2.05, 4.69) is 11.4 Å². The van der Waals surface area contributed by atoms with Crippen LogP contribution in [0.25, 0.3) is 0 Å². The SMILES string of the molecule is CCCCCCCCCCCCCCCCC(O)CN(C)CCOP(=O)([O-])O.[Na+]. The molecule has 2 atom stereocenters. The van der Waals surface area contributed by atoms with Gasteiger partial charge >= 0.3 is 29.6 Å². The molecule has 0 aromatic carbocycles. The van der Waals surface area contributed by atoms with Gasteiger partial charge in [-0.1, -0.05) is 96.8 Å². The van der Waals surface area contributed by atoms with Crippen LogP contribution >= 0.6 is 7.82 Å². The van der Waals surface area contributed by atoms with E-state index in [1.54, 1.807) is 7.05 Å². The Labute approximate surface area is 201 Å². The van der Waals surface area contributed by atoms with Crippen molar-refractivity contribution in [2.45, 2.75) is 109 Å². The summed E-state index contributed by atoms with van der Waals surface area (Å²) < 4.78 is 14.8. The molecule has 6 nitrogen and oxygen atoms in total. The Hall–Kier alpha value is 1.03. The van der Waals surface area contributed by atoms with E-state index in [9.17, 15) is 14.6 Å². The van der Waals surface area contributed by atoms with Gasteiger partial charge in [0, 0.05) is 13.1 Å². The minimum Gasteiger partial charge on any atom is -0.756 e. The first-order chi connectivity index (χ1) is 13.3. The Morgan fingerprint density at radius 1 is 0.897 bits per heavy atom. The Morgan fingerprint density at radius 2 is 1.31 bits per heavy atom. The predicted molar refractivity (Wildman–Crippen MR) is 114 cm³/mol. The van der Waals surface area contributed by atoms with E-state index >= 15 is 0 Å². The minimum atomic E-state index is -4.64. The average molecular weight is 446 g/mol. The van der Waals surface area contributed by atoms with Crippen molar-refractivity contribution in [2.75, 3.05) is 26.7 Å². The number of phosphoric ester groups is 1. The van der Waals surface area contributed by atoms with E-state index < -0.39 is 13.9 Å². The fourth-order valence-corrected chi connectivity index (χ4v) is 3.74. The van der Waals surface area contributed by atoms with Gasteiger partial charge in [-0.05, 0) is 13.5 Å². The quantitative estimate of drug-likeness (QED) is 0.159. The van der Waals surface area contributed by atoms with Gasteiger partial charge in [0.2, 0.25) is 0 Å². The largest absolute Gasteiger partial charge is 1.00 e. The Bertz CT molecular complexity index is 384. The van der Waals surface area contributed by atoms with Crippen LogP contribution in [0.4, 0.5) is 0 Å². The van der Waals surface area contributed by atoms with Crippen LogP contribution in [-0.4, -0.2) is 47.7 Å². The molecule has 2 unspecified atom stereocenters. The molecule has 0 aromatic rings. The van der Waals surface area contributed by atoms with Crippen LogP contribution < -0.4 is 34.5 Å². The van der Waals surface area contributed by atoms with Gasteiger partial charge in [-0.2, -0.15) is 0 Å². The number of unbranched alkanes of at least 4 members (excludes halogenated alkanes) is 13. The summed E-state index contributed by atoms with van der Waals surface area (Å²) in [4.78, 5) is 20.8. The van der Waals surface area contributed by atoms with Crippen molar-refractivity contribution in [3.63, 3.8) is 0 Å². The van der Waals surface area contributed by atoms with E-state index in [1.807, 2.05) is 4.90 Å². The zero-order valence-corrected chi connectivity index (χ0v) is 22.2. The average Bonchev–Trinajstić information content (AvgIpc) is 2.60. The van der Waals surface area contributed by atoms with Crippen LogP contribution in [0.5, 0.6) is 0 Å². The third kappa shape index (κ3) is 27.0. The first kappa shape index (κ1) is 32.2. The summed E-state index contributed by atoms with van der Waals surface area (Å²) in [6.07, 6.45) is 18.9. The molecule has 0 saturated carbocycles. The van der Waals surface area contributed by atoms with Gasteiger partial charge < -0.3 is 24.3 Å². The Balaban J connectivity index is 0. The number of hydrogen-bond donors (Lipinski definition) is 2. The van der Waals surface area contributed by atoms with Crippen molar-refractivity contribution >= 4 is 7.82 Å². The third-order valence-corrected chi connectivity index (χ3v) is 5.65. The molecule has 0 amide bonds. The molecule has 170 valence electrons. The Kier molecular flexibility index (Phi) is 24.7.